The number of nitrogens with zero attached hydrogens (tertiary/aromatic N) is 1. The van der Waals surface area contributed by atoms with Crippen LogP contribution in [0, 0.1) is 6.92 Å². The smallest absolute Gasteiger partial charge is 0.343 e. The first-order valence-electron chi connectivity index (χ1n) is 13.0. The van der Waals surface area contributed by atoms with Crippen LogP contribution >= 0.6 is 0 Å². The SMILES string of the molecule is CCCCOc1ccc(C(=O)Oc2ccc(/C=N\NC(=O)COc3cc(C)ccc3C(C)C)cc2OC)cc1. The topological polar surface area (TPSA) is 95.5 Å². The highest BCUT2D eigenvalue weighted by molar-refractivity contribution is 5.92. The molecule has 3 rings (SSSR count). The Hall–Kier alpha value is -4.33. The number of benzene rings is 3. The summed E-state index contributed by atoms with van der Waals surface area (Å²) in [7, 11) is 1.48. The molecule has 0 saturated carbocycles. The first kappa shape index (κ1) is 29.2. The van der Waals surface area contributed by atoms with E-state index in [2.05, 4.69) is 31.3 Å². The summed E-state index contributed by atoms with van der Waals surface area (Å²) in [5, 5.41) is 4.00. The fourth-order valence-electron chi connectivity index (χ4n) is 3.63. The van der Waals surface area contributed by atoms with E-state index in [1.165, 1.54) is 13.3 Å². The zero-order valence-corrected chi connectivity index (χ0v) is 23.2. The summed E-state index contributed by atoms with van der Waals surface area (Å²) in [6.45, 7) is 8.69. The summed E-state index contributed by atoms with van der Waals surface area (Å²) in [5.74, 6) is 1.37. The molecule has 206 valence electrons. The highest BCUT2D eigenvalue weighted by Crippen LogP contribution is 2.29. The Balaban J connectivity index is 1.55. The molecule has 1 N–H and O–H groups in total. The van der Waals surface area contributed by atoms with Gasteiger partial charge in [0.05, 0.1) is 25.5 Å². The average molecular weight is 533 g/mol. The van der Waals surface area contributed by atoms with Gasteiger partial charge in [0.1, 0.15) is 11.5 Å². The highest BCUT2D eigenvalue weighted by atomic mass is 16.6. The zero-order chi connectivity index (χ0) is 28.2. The molecule has 1 amide bonds. The van der Waals surface area contributed by atoms with Gasteiger partial charge < -0.3 is 18.9 Å². The second-order valence-electron chi connectivity index (χ2n) is 9.30. The molecule has 0 fully saturated rings. The van der Waals surface area contributed by atoms with E-state index in [4.69, 9.17) is 18.9 Å². The Morgan fingerprint density at radius 1 is 0.949 bits per heavy atom. The standard InChI is InChI=1S/C31H36N2O6/c1-6-7-16-37-25-12-10-24(11-13-25)31(35)39-27-15-9-23(18-29(27)36-5)19-32-33-30(34)20-38-28-17-22(4)8-14-26(28)21(2)3/h8-15,17-19,21H,6-7,16,20H2,1-5H3,(H,33,34)/b32-19-. The third kappa shape index (κ3) is 8.88. The Morgan fingerprint density at radius 2 is 1.72 bits per heavy atom. The largest absolute Gasteiger partial charge is 0.494 e. The van der Waals surface area contributed by atoms with Gasteiger partial charge in [-0.1, -0.05) is 39.3 Å². The van der Waals surface area contributed by atoms with Gasteiger partial charge in [-0.05, 0) is 84.5 Å². The quantitative estimate of drug-likeness (QED) is 0.0946. The molecule has 0 radical (unpaired) electrons. The number of unbranched alkanes of at least 4 members (excludes halogenated alkanes) is 1. The van der Waals surface area contributed by atoms with E-state index in [1.54, 1.807) is 42.5 Å². The summed E-state index contributed by atoms with van der Waals surface area (Å²) in [4.78, 5) is 24.9. The van der Waals surface area contributed by atoms with E-state index < -0.39 is 5.97 Å². The van der Waals surface area contributed by atoms with Crippen LogP contribution in [0.3, 0.4) is 0 Å². The summed E-state index contributed by atoms with van der Waals surface area (Å²) in [6.07, 6.45) is 3.49. The normalized spacial score (nSPS) is 10.9. The number of hydrogen-bond donors (Lipinski definition) is 1. The van der Waals surface area contributed by atoms with Crippen LogP contribution in [-0.4, -0.2) is 38.4 Å². The summed E-state index contributed by atoms with van der Waals surface area (Å²) in [5.41, 5.74) is 5.59. The molecule has 39 heavy (non-hydrogen) atoms. The lowest BCUT2D eigenvalue weighted by Gasteiger charge is -2.14. The molecule has 0 spiro atoms. The maximum Gasteiger partial charge on any atom is 0.343 e. The van der Waals surface area contributed by atoms with Crippen molar-refractivity contribution in [2.75, 3.05) is 20.3 Å². The zero-order valence-electron chi connectivity index (χ0n) is 23.2. The van der Waals surface area contributed by atoms with E-state index in [0.29, 0.717) is 35.0 Å². The Labute approximate surface area is 229 Å². The van der Waals surface area contributed by atoms with Crippen molar-refractivity contribution in [2.24, 2.45) is 5.10 Å². The third-order valence-corrected chi connectivity index (χ3v) is 5.80. The lowest BCUT2D eigenvalue weighted by molar-refractivity contribution is -0.123. The summed E-state index contributed by atoms with van der Waals surface area (Å²) < 4.78 is 22.3. The van der Waals surface area contributed by atoms with Gasteiger partial charge in [-0.25, -0.2) is 10.2 Å². The van der Waals surface area contributed by atoms with Crippen LogP contribution in [0.2, 0.25) is 0 Å². The van der Waals surface area contributed by atoms with Crippen LogP contribution in [0.15, 0.2) is 65.8 Å². The number of amides is 1. The third-order valence-electron chi connectivity index (χ3n) is 5.80. The van der Waals surface area contributed by atoms with Gasteiger partial charge in [-0.2, -0.15) is 5.10 Å². The number of carbonyl (C=O) groups excluding carboxylic acids is 2. The molecule has 0 aliphatic carbocycles. The molecule has 0 atom stereocenters. The molecular weight excluding hydrogens is 496 g/mol. The van der Waals surface area contributed by atoms with Gasteiger partial charge >= 0.3 is 5.97 Å². The van der Waals surface area contributed by atoms with Gasteiger partial charge in [-0.3, -0.25) is 4.79 Å². The predicted octanol–water partition coefficient (Wildman–Crippen LogP) is 6.05. The number of esters is 1. The second-order valence-corrected chi connectivity index (χ2v) is 9.30. The number of aryl methyl sites for hydroxylation is 1. The van der Waals surface area contributed by atoms with Crippen molar-refractivity contribution >= 4 is 18.1 Å². The number of methoxy groups -OCH3 is 1. The maximum atomic E-state index is 12.6. The number of hydrazone groups is 1. The molecule has 0 saturated heterocycles. The highest BCUT2D eigenvalue weighted by Gasteiger charge is 2.14. The van der Waals surface area contributed by atoms with Crippen LogP contribution in [0.25, 0.3) is 0 Å². The van der Waals surface area contributed by atoms with E-state index in [0.717, 1.165) is 24.0 Å². The Kier molecular flexibility index (Phi) is 10.9. The maximum absolute atomic E-state index is 12.6. The van der Waals surface area contributed by atoms with E-state index in [1.807, 2.05) is 25.1 Å². The van der Waals surface area contributed by atoms with Crippen LogP contribution in [0.5, 0.6) is 23.0 Å². The number of nitrogens with one attached hydrogen (secondary N) is 1. The van der Waals surface area contributed by atoms with Crippen molar-refractivity contribution in [3.05, 3.63) is 82.9 Å². The minimum Gasteiger partial charge on any atom is -0.494 e. The molecule has 8 heteroatoms. The Bertz CT molecular complexity index is 1280. The molecule has 0 aromatic heterocycles. The van der Waals surface area contributed by atoms with Crippen molar-refractivity contribution in [3.63, 3.8) is 0 Å². The Morgan fingerprint density at radius 3 is 2.41 bits per heavy atom. The first-order valence-corrected chi connectivity index (χ1v) is 13.0. The fraction of sp³-hybridized carbons (Fsp3) is 0.323. The van der Waals surface area contributed by atoms with Gasteiger partial charge in [0.15, 0.2) is 18.1 Å². The fourth-order valence-corrected chi connectivity index (χ4v) is 3.63. The second kappa shape index (κ2) is 14.6. The molecule has 3 aromatic rings. The molecule has 0 heterocycles. The molecule has 0 aliphatic heterocycles. The number of rotatable bonds is 13. The average Bonchev–Trinajstić information content (AvgIpc) is 2.93. The van der Waals surface area contributed by atoms with Crippen molar-refractivity contribution in [1.29, 1.82) is 0 Å². The van der Waals surface area contributed by atoms with E-state index in [9.17, 15) is 9.59 Å². The minimum atomic E-state index is -0.517. The van der Waals surface area contributed by atoms with Crippen LogP contribution < -0.4 is 24.4 Å². The van der Waals surface area contributed by atoms with Crippen LogP contribution in [0.4, 0.5) is 0 Å². The van der Waals surface area contributed by atoms with Crippen molar-refractivity contribution in [1.82, 2.24) is 5.43 Å². The first-order chi connectivity index (χ1) is 18.8. The number of hydrogen-bond acceptors (Lipinski definition) is 7. The molecular formula is C31H36N2O6. The van der Waals surface area contributed by atoms with Gasteiger partial charge in [0.2, 0.25) is 0 Å². The number of ether oxygens (including phenoxy) is 4. The molecule has 0 aliphatic rings. The van der Waals surface area contributed by atoms with Crippen molar-refractivity contribution < 1.29 is 28.5 Å². The van der Waals surface area contributed by atoms with E-state index >= 15 is 0 Å². The minimum absolute atomic E-state index is 0.162. The predicted molar refractivity (Wildman–Crippen MR) is 151 cm³/mol. The van der Waals surface area contributed by atoms with Crippen molar-refractivity contribution in [3.8, 4) is 23.0 Å². The van der Waals surface area contributed by atoms with Crippen LogP contribution in [-0.2, 0) is 4.79 Å². The molecule has 3 aromatic carbocycles. The van der Waals surface area contributed by atoms with Crippen molar-refractivity contribution in [2.45, 2.75) is 46.5 Å². The molecule has 8 nitrogen and oxygen atoms in total. The summed E-state index contributed by atoms with van der Waals surface area (Å²) in [6, 6.07) is 17.7. The summed E-state index contributed by atoms with van der Waals surface area (Å²) >= 11 is 0. The molecule has 0 bridgehead atoms. The van der Waals surface area contributed by atoms with Gasteiger partial charge in [0.25, 0.3) is 5.91 Å². The molecule has 0 unspecified atom stereocenters. The lowest BCUT2D eigenvalue weighted by atomic mass is 10.0. The van der Waals surface area contributed by atoms with E-state index in [-0.39, 0.29) is 24.2 Å². The monoisotopic (exact) mass is 532 g/mol. The van der Waals surface area contributed by atoms with Crippen LogP contribution in [0.1, 0.15) is 66.6 Å². The van der Waals surface area contributed by atoms with Gasteiger partial charge in [-0.15, -0.1) is 0 Å². The lowest BCUT2D eigenvalue weighted by Crippen LogP contribution is -2.25. The van der Waals surface area contributed by atoms with Gasteiger partial charge in [0, 0.05) is 0 Å². The number of carbonyl (C=O) groups is 2.